The van der Waals surface area contributed by atoms with Gasteiger partial charge in [-0.1, -0.05) is 19.3 Å². The van der Waals surface area contributed by atoms with Crippen LogP contribution in [0.1, 0.15) is 48.2 Å². The third-order valence-electron chi connectivity index (χ3n) is 5.12. The number of pyridine rings is 1. The number of fused-ring (bicyclic) bond motifs is 1. The van der Waals surface area contributed by atoms with Crippen molar-refractivity contribution in [1.82, 2.24) is 19.5 Å². The standard InChI is InChI=1S/C19H23N5O2/c1-12-8-9-15(26-12)18-21-17-11-13(10-16(20)24(17)22-18)19(25)23(2)14-6-4-3-5-7-14/h8-11,14H,3-7,20H2,1-2H3. The maximum atomic E-state index is 12.9. The van der Waals surface area contributed by atoms with Crippen molar-refractivity contribution in [2.45, 2.75) is 45.1 Å². The van der Waals surface area contributed by atoms with Crippen LogP contribution in [-0.2, 0) is 0 Å². The zero-order valence-corrected chi connectivity index (χ0v) is 15.1. The van der Waals surface area contributed by atoms with Crippen molar-refractivity contribution in [3.63, 3.8) is 0 Å². The fourth-order valence-electron chi connectivity index (χ4n) is 3.63. The molecule has 7 heteroatoms. The molecule has 0 bridgehead atoms. The Labute approximate surface area is 151 Å². The van der Waals surface area contributed by atoms with Crippen molar-refractivity contribution < 1.29 is 9.21 Å². The molecule has 1 saturated carbocycles. The van der Waals surface area contributed by atoms with Crippen LogP contribution in [0, 0.1) is 6.92 Å². The number of hydrogen-bond acceptors (Lipinski definition) is 5. The number of carbonyl (C=O) groups is 1. The number of rotatable bonds is 3. The van der Waals surface area contributed by atoms with Gasteiger partial charge in [0.2, 0.25) is 5.82 Å². The monoisotopic (exact) mass is 353 g/mol. The summed E-state index contributed by atoms with van der Waals surface area (Å²) >= 11 is 0. The molecule has 26 heavy (non-hydrogen) atoms. The number of aryl methyl sites for hydroxylation is 1. The van der Waals surface area contributed by atoms with E-state index in [4.69, 9.17) is 10.2 Å². The lowest BCUT2D eigenvalue weighted by atomic mass is 9.94. The van der Waals surface area contributed by atoms with Crippen molar-refractivity contribution in [2.75, 3.05) is 12.8 Å². The smallest absolute Gasteiger partial charge is 0.254 e. The molecular formula is C19H23N5O2. The summed E-state index contributed by atoms with van der Waals surface area (Å²) in [5.41, 5.74) is 7.21. The van der Waals surface area contributed by atoms with E-state index in [-0.39, 0.29) is 5.91 Å². The second kappa shape index (κ2) is 6.48. The lowest BCUT2D eigenvalue weighted by molar-refractivity contribution is 0.0696. The van der Waals surface area contributed by atoms with Crippen LogP contribution >= 0.6 is 0 Å². The molecule has 3 aromatic heterocycles. The van der Waals surface area contributed by atoms with Crippen LogP contribution in [-0.4, -0.2) is 38.5 Å². The third-order valence-corrected chi connectivity index (χ3v) is 5.12. The molecule has 2 N–H and O–H groups in total. The number of anilines is 1. The lowest BCUT2D eigenvalue weighted by Gasteiger charge is -2.31. The van der Waals surface area contributed by atoms with Gasteiger partial charge in [0.1, 0.15) is 11.6 Å². The number of nitrogen functional groups attached to an aromatic ring is 1. The topological polar surface area (TPSA) is 89.7 Å². The Morgan fingerprint density at radius 1 is 1.27 bits per heavy atom. The molecule has 0 unspecified atom stereocenters. The first kappa shape index (κ1) is 16.6. The molecule has 4 rings (SSSR count). The van der Waals surface area contributed by atoms with Crippen LogP contribution in [0.4, 0.5) is 5.82 Å². The van der Waals surface area contributed by atoms with Crippen molar-refractivity contribution in [3.05, 3.63) is 35.6 Å². The summed E-state index contributed by atoms with van der Waals surface area (Å²) < 4.78 is 7.11. The van der Waals surface area contributed by atoms with Crippen molar-refractivity contribution in [3.8, 4) is 11.6 Å². The Hall–Kier alpha value is -2.83. The molecule has 1 fully saturated rings. The molecule has 0 saturated heterocycles. The minimum atomic E-state index is -0.0236. The maximum Gasteiger partial charge on any atom is 0.254 e. The van der Waals surface area contributed by atoms with Crippen LogP contribution in [0.25, 0.3) is 17.2 Å². The van der Waals surface area contributed by atoms with E-state index >= 15 is 0 Å². The Kier molecular flexibility index (Phi) is 4.14. The summed E-state index contributed by atoms with van der Waals surface area (Å²) in [7, 11) is 1.87. The van der Waals surface area contributed by atoms with Gasteiger partial charge in [-0.3, -0.25) is 4.79 Å². The number of nitrogens with zero attached hydrogens (tertiary/aromatic N) is 4. The second-order valence-electron chi connectivity index (χ2n) is 6.99. The first-order valence-corrected chi connectivity index (χ1v) is 9.03. The van der Waals surface area contributed by atoms with E-state index in [1.54, 1.807) is 12.1 Å². The number of hydrogen-bond donors (Lipinski definition) is 1. The van der Waals surface area contributed by atoms with Crippen LogP contribution < -0.4 is 5.73 Å². The van der Waals surface area contributed by atoms with E-state index in [1.165, 1.54) is 23.8 Å². The Balaban J connectivity index is 1.66. The van der Waals surface area contributed by atoms with Gasteiger partial charge in [0, 0.05) is 18.7 Å². The van der Waals surface area contributed by atoms with Crippen molar-refractivity contribution in [2.24, 2.45) is 0 Å². The van der Waals surface area contributed by atoms with Crippen molar-refractivity contribution in [1.29, 1.82) is 0 Å². The highest BCUT2D eigenvalue weighted by molar-refractivity contribution is 5.96. The number of carbonyl (C=O) groups excluding carboxylic acids is 1. The largest absolute Gasteiger partial charge is 0.458 e. The molecule has 1 amide bonds. The predicted molar refractivity (Wildman–Crippen MR) is 98.8 cm³/mol. The summed E-state index contributed by atoms with van der Waals surface area (Å²) in [5, 5.41) is 4.39. The van der Waals surface area contributed by atoms with E-state index in [9.17, 15) is 4.79 Å². The van der Waals surface area contributed by atoms with E-state index < -0.39 is 0 Å². The van der Waals surface area contributed by atoms with Crippen LogP contribution in [0.2, 0.25) is 0 Å². The predicted octanol–water partition coefficient (Wildman–Crippen LogP) is 3.28. The first-order valence-electron chi connectivity index (χ1n) is 9.03. The van der Waals surface area contributed by atoms with Gasteiger partial charge in [0.25, 0.3) is 5.91 Å². The number of aromatic nitrogens is 3. The molecule has 0 aliphatic heterocycles. The van der Waals surface area contributed by atoms with Gasteiger partial charge < -0.3 is 15.1 Å². The molecule has 7 nitrogen and oxygen atoms in total. The van der Waals surface area contributed by atoms with Gasteiger partial charge in [-0.15, -0.1) is 5.10 Å². The quantitative estimate of drug-likeness (QED) is 0.780. The summed E-state index contributed by atoms with van der Waals surface area (Å²) in [4.78, 5) is 19.2. The highest BCUT2D eigenvalue weighted by atomic mass is 16.3. The number of furan rings is 1. The lowest BCUT2D eigenvalue weighted by Crippen LogP contribution is -2.38. The van der Waals surface area contributed by atoms with E-state index in [2.05, 4.69) is 10.1 Å². The molecule has 0 radical (unpaired) electrons. The second-order valence-corrected chi connectivity index (χ2v) is 6.99. The first-order chi connectivity index (χ1) is 12.5. The van der Waals surface area contributed by atoms with Crippen molar-refractivity contribution >= 4 is 17.4 Å². The highest BCUT2D eigenvalue weighted by Gasteiger charge is 2.24. The summed E-state index contributed by atoms with van der Waals surface area (Å²) in [6, 6.07) is 7.39. The molecule has 0 spiro atoms. The van der Waals surface area contributed by atoms with E-state index in [1.807, 2.05) is 31.0 Å². The molecule has 3 heterocycles. The molecule has 0 atom stereocenters. The molecule has 3 aromatic rings. The fraction of sp³-hybridized carbons (Fsp3) is 0.421. The number of amides is 1. The Bertz CT molecular complexity index is 952. The Morgan fingerprint density at radius 3 is 2.73 bits per heavy atom. The van der Waals surface area contributed by atoms with E-state index in [0.717, 1.165) is 18.6 Å². The minimum absolute atomic E-state index is 0.0236. The number of nitrogens with two attached hydrogens (primary N) is 1. The zero-order valence-electron chi connectivity index (χ0n) is 15.1. The van der Waals surface area contributed by atoms with E-state index in [0.29, 0.717) is 34.7 Å². The summed E-state index contributed by atoms with van der Waals surface area (Å²) in [6.07, 6.45) is 5.74. The molecule has 136 valence electrons. The maximum absolute atomic E-state index is 12.9. The normalized spacial score (nSPS) is 15.5. The van der Waals surface area contributed by atoms with Gasteiger partial charge >= 0.3 is 0 Å². The van der Waals surface area contributed by atoms with Gasteiger partial charge in [-0.25, -0.2) is 4.98 Å². The average Bonchev–Trinajstić information content (AvgIpc) is 3.27. The van der Waals surface area contributed by atoms with Crippen LogP contribution in [0.5, 0.6) is 0 Å². The van der Waals surface area contributed by atoms with Gasteiger partial charge in [0.05, 0.1) is 0 Å². The van der Waals surface area contributed by atoms with Gasteiger partial charge in [-0.2, -0.15) is 4.52 Å². The molecule has 1 aliphatic carbocycles. The van der Waals surface area contributed by atoms with Gasteiger partial charge in [-0.05, 0) is 44.0 Å². The fourth-order valence-corrected chi connectivity index (χ4v) is 3.63. The van der Waals surface area contributed by atoms with Crippen LogP contribution in [0.15, 0.2) is 28.7 Å². The SMILES string of the molecule is Cc1ccc(-c2nc3cc(C(=O)N(C)C4CCCCC4)cc(N)n3n2)o1. The minimum Gasteiger partial charge on any atom is -0.458 e. The zero-order chi connectivity index (χ0) is 18.3. The summed E-state index contributed by atoms with van der Waals surface area (Å²) in [5.74, 6) is 2.18. The third kappa shape index (κ3) is 2.94. The molecular weight excluding hydrogens is 330 g/mol. The van der Waals surface area contributed by atoms with Crippen LogP contribution in [0.3, 0.4) is 0 Å². The average molecular weight is 353 g/mol. The summed E-state index contributed by atoms with van der Waals surface area (Å²) in [6.45, 7) is 1.87. The Morgan fingerprint density at radius 2 is 2.04 bits per heavy atom. The van der Waals surface area contributed by atoms with Gasteiger partial charge in [0.15, 0.2) is 11.4 Å². The highest BCUT2D eigenvalue weighted by Crippen LogP contribution is 2.25. The molecule has 0 aromatic carbocycles. The molecule has 1 aliphatic rings.